The van der Waals surface area contributed by atoms with Crippen LogP contribution in [0.3, 0.4) is 0 Å². The van der Waals surface area contributed by atoms with Crippen LogP contribution in [-0.2, 0) is 9.53 Å². The van der Waals surface area contributed by atoms with Crippen LogP contribution in [0, 0.1) is 11.3 Å². The van der Waals surface area contributed by atoms with Gasteiger partial charge in [0.1, 0.15) is 6.61 Å². The summed E-state index contributed by atoms with van der Waals surface area (Å²) in [6, 6.07) is 9.43. The number of rotatable bonds is 1. The highest BCUT2D eigenvalue weighted by molar-refractivity contribution is 9.10. The van der Waals surface area contributed by atoms with E-state index in [-0.39, 0.29) is 19.1 Å². The van der Waals surface area contributed by atoms with E-state index in [0.717, 1.165) is 10.2 Å². The number of para-hydroxylation sites is 1. The zero-order chi connectivity index (χ0) is 11.5. The molecule has 2 rings (SSSR count). The molecule has 0 aromatic heterocycles. The van der Waals surface area contributed by atoms with Crippen LogP contribution in [0.4, 0.5) is 5.69 Å². The van der Waals surface area contributed by atoms with Crippen LogP contribution >= 0.6 is 15.9 Å². The number of nitriles is 1. The van der Waals surface area contributed by atoms with E-state index in [1.807, 2.05) is 30.3 Å². The van der Waals surface area contributed by atoms with Crippen molar-refractivity contribution in [3.05, 3.63) is 28.7 Å². The van der Waals surface area contributed by atoms with Crippen molar-refractivity contribution in [2.45, 2.75) is 6.10 Å². The number of carbonyl (C=O) groups excluding carboxylic acids is 1. The largest absolute Gasteiger partial charge is 0.352 e. The third kappa shape index (κ3) is 2.08. The molecular weight excluding hydrogens is 272 g/mol. The first kappa shape index (κ1) is 11.1. The zero-order valence-corrected chi connectivity index (χ0v) is 9.98. The summed E-state index contributed by atoms with van der Waals surface area (Å²) in [5.41, 5.74) is 0.774. The first-order valence-electron chi connectivity index (χ1n) is 4.78. The standard InChI is InChI=1S/C11H9BrN2O2/c12-9-3-1-2-4-10(9)14-6-8(5-13)16-7-11(14)15/h1-4,8H,6-7H2. The highest BCUT2D eigenvalue weighted by Gasteiger charge is 2.28. The monoisotopic (exact) mass is 280 g/mol. The molecule has 1 fully saturated rings. The predicted molar refractivity (Wildman–Crippen MR) is 61.8 cm³/mol. The van der Waals surface area contributed by atoms with Gasteiger partial charge in [-0.3, -0.25) is 4.79 Å². The number of ether oxygens (including phenoxy) is 1. The summed E-state index contributed by atoms with van der Waals surface area (Å²) in [4.78, 5) is 13.3. The van der Waals surface area contributed by atoms with Crippen molar-refractivity contribution in [3.63, 3.8) is 0 Å². The molecular formula is C11H9BrN2O2. The summed E-state index contributed by atoms with van der Waals surface area (Å²) < 4.78 is 5.90. The highest BCUT2D eigenvalue weighted by atomic mass is 79.9. The van der Waals surface area contributed by atoms with Crippen LogP contribution in [0.15, 0.2) is 28.7 Å². The Morgan fingerprint density at radius 1 is 1.50 bits per heavy atom. The van der Waals surface area contributed by atoms with E-state index in [2.05, 4.69) is 15.9 Å². The second kappa shape index (κ2) is 4.64. The Kier molecular flexibility index (Phi) is 3.22. The number of benzene rings is 1. The molecule has 1 aromatic rings. The molecule has 1 atom stereocenters. The summed E-state index contributed by atoms with van der Waals surface area (Å²) in [5.74, 6) is -0.126. The van der Waals surface area contributed by atoms with Crippen LogP contribution in [0.5, 0.6) is 0 Å². The average Bonchev–Trinajstić information content (AvgIpc) is 2.31. The lowest BCUT2D eigenvalue weighted by Gasteiger charge is -2.30. The quantitative estimate of drug-likeness (QED) is 0.787. The van der Waals surface area contributed by atoms with E-state index in [1.165, 1.54) is 0 Å². The minimum atomic E-state index is -0.551. The molecule has 1 heterocycles. The normalized spacial score (nSPS) is 20.6. The predicted octanol–water partition coefficient (Wildman–Crippen LogP) is 1.70. The Morgan fingerprint density at radius 3 is 2.94 bits per heavy atom. The number of hydrogen-bond donors (Lipinski definition) is 0. The topological polar surface area (TPSA) is 53.3 Å². The highest BCUT2D eigenvalue weighted by Crippen LogP contribution is 2.27. The number of morpholine rings is 1. The smallest absolute Gasteiger partial charge is 0.253 e. The zero-order valence-electron chi connectivity index (χ0n) is 8.39. The van der Waals surface area contributed by atoms with E-state index in [0.29, 0.717) is 0 Å². The lowest BCUT2D eigenvalue weighted by atomic mass is 10.2. The number of amides is 1. The van der Waals surface area contributed by atoms with Crippen molar-refractivity contribution in [2.24, 2.45) is 0 Å². The molecule has 4 nitrogen and oxygen atoms in total. The first-order chi connectivity index (χ1) is 7.72. The van der Waals surface area contributed by atoms with Gasteiger partial charge in [-0.05, 0) is 28.1 Å². The molecule has 0 radical (unpaired) electrons. The van der Waals surface area contributed by atoms with Gasteiger partial charge in [0.25, 0.3) is 5.91 Å². The van der Waals surface area contributed by atoms with Crippen LogP contribution < -0.4 is 4.90 Å². The number of carbonyl (C=O) groups is 1. The Morgan fingerprint density at radius 2 is 2.25 bits per heavy atom. The molecule has 1 unspecified atom stereocenters. The van der Waals surface area contributed by atoms with Crippen molar-refractivity contribution in [1.29, 1.82) is 5.26 Å². The van der Waals surface area contributed by atoms with E-state index >= 15 is 0 Å². The van der Waals surface area contributed by atoms with Gasteiger partial charge in [-0.25, -0.2) is 0 Å². The minimum Gasteiger partial charge on any atom is -0.352 e. The van der Waals surface area contributed by atoms with Gasteiger partial charge >= 0.3 is 0 Å². The van der Waals surface area contributed by atoms with E-state index in [1.54, 1.807) is 4.90 Å². The van der Waals surface area contributed by atoms with Crippen LogP contribution in [-0.4, -0.2) is 25.2 Å². The summed E-state index contributed by atoms with van der Waals surface area (Å²) in [7, 11) is 0. The summed E-state index contributed by atoms with van der Waals surface area (Å²) in [5, 5.41) is 8.79. The Hall–Kier alpha value is -1.38. The van der Waals surface area contributed by atoms with Gasteiger partial charge < -0.3 is 9.64 Å². The maximum atomic E-state index is 11.7. The van der Waals surface area contributed by atoms with E-state index < -0.39 is 6.10 Å². The van der Waals surface area contributed by atoms with Gasteiger partial charge in [-0.1, -0.05) is 12.1 Å². The molecule has 16 heavy (non-hydrogen) atoms. The molecule has 0 aliphatic carbocycles. The number of anilines is 1. The fraction of sp³-hybridized carbons (Fsp3) is 0.273. The van der Waals surface area contributed by atoms with Crippen LogP contribution in [0.1, 0.15) is 0 Å². The van der Waals surface area contributed by atoms with Gasteiger partial charge in [-0.15, -0.1) is 0 Å². The Labute approximate surface area is 102 Å². The van der Waals surface area contributed by atoms with Crippen molar-refractivity contribution >= 4 is 27.5 Å². The lowest BCUT2D eigenvalue weighted by Crippen LogP contribution is -2.46. The molecule has 5 heteroatoms. The van der Waals surface area contributed by atoms with Gasteiger partial charge in [-0.2, -0.15) is 5.26 Å². The Bertz CT molecular complexity index is 456. The molecule has 0 N–H and O–H groups in total. The summed E-state index contributed by atoms with van der Waals surface area (Å²) in [6.45, 7) is 0.234. The molecule has 82 valence electrons. The average molecular weight is 281 g/mol. The lowest BCUT2D eigenvalue weighted by molar-refractivity contribution is -0.127. The first-order valence-corrected chi connectivity index (χ1v) is 5.58. The second-order valence-corrected chi connectivity index (χ2v) is 4.24. The molecule has 0 spiro atoms. The van der Waals surface area contributed by atoms with Crippen molar-refractivity contribution in [2.75, 3.05) is 18.1 Å². The van der Waals surface area contributed by atoms with Gasteiger partial charge in [0.15, 0.2) is 6.10 Å². The van der Waals surface area contributed by atoms with Crippen molar-refractivity contribution in [1.82, 2.24) is 0 Å². The minimum absolute atomic E-state index is 0.0421. The molecule has 1 aliphatic heterocycles. The maximum Gasteiger partial charge on any atom is 0.253 e. The third-order valence-electron chi connectivity index (χ3n) is 2.34. The summed E-state index contributed by atoms with van der Waals surface area (Å²) >= 11 is 3.38. The number of halogens is 1. The molecule has 0 bridgehead atoms. The van der Waals surface area contributed by atoms with E-state index in [9.17, 15) is 4.79 Å². The molecule has 1 aliphatic rings. The molecule has 1 saturated heterocycles. The van der Waals surface area contributed by atoms with E-state index in [4.69, 9.17) is 10.00 Å². The molecule has 0 saturated carbocycles. The maximum absolute atomic E-state index is 11.7. The fourth-order valence-corrected chi connectivity index (χ4v) is 2.05. The van der Waals surface area contributed by atoms with Crippen LogP contribution in [0.25, 0.3) is 0 Å². The summed E-state index contributed by atoms with van der Waals surface area (Å²) in [6.07, 6.45) is -0.551. The third-order valence-corrected chi connectivity index (χ3v) is 3.02. The number of nitrogens with zero attached hydrogens (tertiary/aromatic N) is 2. The molecule has 1 aromatic carbocycles. The van der Waals surface area contributed by atoms with Crippen molar-refractivity contribution < 1.29 is 9.53 Å². The van der Waals surface area contributed by atoms with Crippen LogP contribution in [0.2, 0.25) is 0 Å². The number of hydrogen-bond acceptors (Lipinski definition) is 3. The van der Waals surface area contributed by atoms with Gasteiger partial charge in [0.05, 0.1) is 18.3 Å². The van der Waals surface area contributed by atoms with Gasteiger partial charge in [0.2, 0.25) is 0 Å². The van der Waals surface area contributed by atoms with Gasteiger partial charge in [0, 0.05) is 4.47 Å². The molecule has 1 amide bonds. The Balaban J connectivity index is 2.29. The fourth-order valence-electron chi connectivity index (χ4n) is 1.55. The second-order valence-electron chi connectivity index (χ2n) is 3.38. The SMILES string of the molecule is N#CC1CN(c2ccccc2Br)C(=O)CO1. The van der Waals surface area contributed by atoms with Crippen molar-refractivity contribution in [3.8, 4) is 6.07 Å².